The molecule has 0 bridgehead atoms. The second-order valence-electron chi connectivity index (χ2n) is 4.49. The van der Waals surface area contributed by atoms with Crippen molar-refractivity contribution in [1.82, 2.24) is 5.32 Å². The molecule has 0 aliphatic heterocycles. The van der Waals surface area contributed by atoms with E-state index in [2.05, 4.69) is 43.9 Å². The maximum absolute atomic E-state index is 5.82. The van der Waals surface area contributed by atoms with Crippen molar-refractivity contribution in [2.24, 2.45) is 0 Å². The summed E-state index contributed by atoms with van der Waals surface area (Å²) in [5.41, 5.74) is 3.45. The smallest absolute Gasteiger partial charge is 0.127 e. The molecule has 0 heterocycles. The SMILES string of the molecule is C=C(C)COc1c(C)cccc1CNCCC. The van der Waals surface area contributed by atoms with Crippen molar-refractivity contribution in [2.75, 3.05) is 13.2 Å². The molecule has 0 spiro atoms. The summed E-state index contributed by atoms with van der Waals surface area (Å²) in [6, 6.07) is 6.27. The third kappa shape index (κ3) is 4.61. The fraction of sp³-hybridized carbons (Fsp3) is 0.467. The lowest BCUT2D eigenvalue weighted by Crippen LogP contribution is -2.15. The summed E-state index contributed by atoms with van der Waals surface area (Å²) < 4.78 is 5.82. The van der Waals surface area contributed by atoms with Crippen LogP contribution in [0.4, 0.5) is 0 Å². The van der Waals surface area contributed by atoms with Gasteiger partial charge in [0, 0.05) is 12.1 Å². The van der Waals surface area contributed by atoms with Gasteiger partial charge in [-0.1, -0.05) is 31.7 Å². The average Bonchev–Trinajstić information content (AvgIpc) is 2.28. The molecule has 1 aromatic carbocycles. The third-order valence-electron chi connectivity index (χ3n) is 2.50. The molecule has 0 saturated carbocycles. The molecule has 17 heavy (non-hydrogen) atoms. The zero-order chi connectivity index (χ0) is 12.7. The van der Waals surface area contributed by atoms with Crippen molar-refractivity contribution in [1.29, 1.82) is 0 Å². The number of hydrogen-bond donors (Lipinski definition) is 1. The Morgan fingerprint density at radius 3 is 2.82 bits per heavy atom. The van der Waals surface area contributed by atoms with Crippen molar-refractivity contribution in [3.8, 4) is 5.75 Å². The Bertz CT molecular complexity index is 371. The quantitative estimate of drug-likeness (QED) is 0.575. The van der Waals surface area contributed by atoms with E-state index in [1.54, 1.807) is 0 Å². The van der Waals surface area contributed by atoms with Gasteiger partial charge in [0.25, 0.3) is 0 Å². The van der Waals surface area contributed by atoms with Gasteiger partial charge in [-0.05, 0) is 37.9 Å². The molecule has 0 atom stereocenters. The molecule has 0 unspecified atom stereocenters. The summed E-state index contributed by atoms with van der Waals surface area (Å²) in [4.78, 5) is 0. The van der Waals surface area contributed by atoms with Gasteiger partial charge < -0.3 is 10.1 Å². The number of aryl methyl sites for hydroxylation is 1. The average molecular weight is 233 g/mol. The van der Waals surface area contributed by atoms with Gasteiger partial charge in [-0.15, -0.1) is 0 Å². The molecule has 0 fully saturated rings. The van der Waals surface area contributed by atoms with E-state index in [1.165, 1.54) is 11.1 Å². The van der Waals surface area contributed by atoms with Crippen LogP contribution in [-0.2, 0) is 6.54 Å². The topological polar surface area (TPSA) is 21.3 Å². The van der Waals surface area contributed by atoms with Crippen LogP contribution in [-0.4, -0.2) is 13.2 Å². The lowest BCUT2D eigenvalue weighted by molar-refractivity contribution is 0.345. The Morgan fingerprint density at radius 2 is 2.18 bits per heavy atom. The minimum atomic E-state index is 0.589. The van der Waals surface area contributed by atoms with Crippen molar-refractivity contribution < 1.29 is 4.74 Å². The minimum Gasteiger partial charge on any atom is -0.489 e. The molecule has 2 heteroatoms. The third-order valence-corrected chi connectivity index (χ3v) is 2.50. The first-order valence-electron chi connectivity index (χ1n) is 6.21. The molecule has 0 saturated heterocycles. The highest BCUT2D eigenvalue weighted by molar-refractivity contribution is 5.40. The highest BCUT2D eigenvalue weighted by atomic mass is 16.5. The molecular weight excluding hydrogens is 210 g/mol. The maximum Gasteiger partial charge on any atom is 0.127 e. The Balaban J connectivity index is 2.73. The van der Waals surface area contributed by atoms with Gasteiger partial charge in [0.2, 0.25) is 0 Å². The van der Waals surface area contributed by atoms with Crippen LogP contribution in [0, 0.1) is 6.92 Å². The number of hydrogen-bond acceptors (Lipinski definition) is 2. The number of benzene rings is 1. The minimum absolute atomic E-state index is 0.589. The van der Waals surface area contributed by atoms with Crippen LogP contribution < -0.4 is 10.1 Å². The van der Waals surface area contributed by atoms with E-state index in [-0.39, 0.29) is 0 Å². The zero-order valence-electron chi connectivity index (χ0n) is 11.2. The Labute approximate surface area is 105 Å². The summed E-state index contributed by atoms with van der Waals surface area (Å²) in [7, 11) is 0. The molecule has 1 rings (SSSR count). The predicted octanol–water partition coefficient (Wildman–Crippen LogP) is 3.45. The van der Waals surface area contributed by atoms with E-state index >= 15 is 0 Å². The highest BCUT2D eigenvalue weighted by Crippen LogP contribution is 2.23. The summed E-state index contributed by atoms with van der Waals surface area (Å²) in [5.74, 6) is 0.999. The molecule has 0 aliphatic carbocycles. The summed E-state index contributed by atoms with van der Waals surface area (Å²) in [6.45, 7) is 12.6. The van der Waals surface area contributed by atoms with Crippen LogP contribution in [0.5, 0.6) is 5.75 Å². The Hall–Kier alpha value is -1.28. The van der Waals surface area contributed by atoms with Gasteiger partial charge in [-0.3, -0.25) is 0 Å². The van der Waals surface area contributed by atoms with E-state index in [1.807, 2.05) is 6.92 Å². The molecule has 1 aromatic rings. The Morgan fingerprint density at radius 1 is 1.41 bits per heavy atom. The first-order chi connectivity index (χ1) is 8.15. The lowest BCUT2D eigenvalue weighted by Gasteiger charge is -2.14. The van der Waals surface area contributed by atoms with E-state index in [0.717, 1.165) is 30.8 Å². The molecule has 0 aromatic heterocycles. The number of para-hydroxylation sites is 1. The molecule has 0 radical (unpaired) electrons. The van der Waals surface area contributed by atoms with Gasteiger partial charge in [-0.2, -0.15) is 0 Å². The van der Waals surface area contributed by atoms with E-state index in [9.17, 15) is 0 Å². The fourth-order valence-corrected chi connectivity index (χ4v) is 1.65. The van der Waals surface area contributed by atoms with E-state index in [0.29, 0.717) is 6.61 Å². The Kier molecular flexibility index (Phi) is 5.78. The van der Waals surface area contributed by atoms with E-state index in [4.69, 9.17) is 4.74 Å². The highest BCUT2D eigenvalue weighted by Gasteiger charge is 2.06. The van der Waals surface area contributed by atoms with Crippen molar-refractivity contribution in [3.63, 3.8) is 0 Å². The fourth-order valence-electron chi connectivity index (χ4n) is 1.65. The molecule has 0 amide bonds. The van der Waals surface area contributed by atoms with Gasteiger partial charge in [0.15, 0.2) is 0 Å². The predicted molar refractivity (Wildman–Crippen MR) is 73.5 cm³/mol. The van der Waals surface area contributed by atoms with Gasteiger partial charge in [-0.25, -0.2) is 0 Å². The lowest BCUT2D eigenvalue weighted by atomic mass is 10.1. The normalized spacial score (nSPS) is 10.3. The van der Waals surface area contributed by atoms with Crippen LogP contribution in [0.3, 0.4) is 0 Å². The van der Waals surface area contributed by atoms with Gasteiger partial charge >= 0.3 is 0 Å². The number of rotatable bonds is 7. The largest absolute Gasteiger partial charge is 0.489 e. The van der Waals surface area contributed by atoms with Crippen LogP contribution in [0.25, 0.3) is 0 Å². The monoisotopic (exact) mass is 233 g/mol. The van der Waals surface area contributed by atoms with Crippen molar-refractivity contribution in [2.45, 2.75) is 33.7 Å². The maximum atomic E-state index is 5.82. The molecule has 1 N–H and O–H groups in total. The van der Waals surface area contributed by atoms with Gasteiger partial charge in [0.05, 0.1) is 0 Å². The molecule has 2 nitrogen and oxygen atoms in total. The first-order valence-corrected chi connectivity index (χ1v) is 6.21. The van der Waals surface area contributed by atoms with Crippen molar-refractivity contribution >= 4 is 0 Å². The van der Waals surface area contributed by atoms with Crippen molar-refractivity contribution in [3.05, 3.63) is 41.5 Å². The van der Waals surface area contributed by atoms with Crippen LogP contribution in [0.15, 0.2) is 30.4 Å². The van der Waals surface area contributed by atoms with Crippen LogP contribution in [0.1, 0.15) is 31.4 Å². The van der Waals surface area contributed by atoms with Crippen LogP contribution >= 0.6 is 0 Å². The van der Waals surface area contributed by atoms with E-state index < -0.39 is 0 Å². The van der Waals surface area contributed by atoms with Crippen LogP contribution in [0.2, 0.25) is 0 Å². The summed E-state index contributed by atoms with van der Waals surface area (Å²) in [6.07, 6.45) is 1.15. The summed E-state index contributed by atoms with van der Waals surface area (Å²) >= 11 is 0. The van der Waals surface area contributed by atoms with Gasteiger partial charge in [0.1, 0.15) is 12.4 Å². The molecule has 0 aliphatic rings. The standard InChI is InChI=1S/C15H23NO/c1-5-9-16-10-14-8-6-7-13(4)15(14)17-11-12(2)3/h6-8,16H,2,5,9-11H2,1,3-4H3. The zero-order valence-corrected chi connectivity index (χ0v) is 11.2. The first kappa shape index (κ1) is 13.8. The summed E-state index contributed by atoms with van der Waals surface area (Å²) in [5, 5.41) is 3.40. The number of nitrogens with one attached hydrogen (secondary N) is 1. The molecule has 94 valence electrons. The molecular formula is C15H23NO. The number of ether oxygens (including phenoxy) is 1. The second-order valence-corrected chi connectivity index (χ2v) is 4.49. The second kappa shape index (κ2) is 7.13.